The summed E-state index contributed by atoms with van der Waals surface area (Å²) in [5.74, 6) is 0. The SMILES string of the molecule is [2H]C=CCO[C@H](CO)[C@@H](O)[C@H](O)[C@@H](CO)OCC=C[2H]. The van der Waals surface area contributed by atoms with Crippen LogP contribution in [0.5, 0.6) is 0 Å². The van der Waals surface area contributed by atoms with Gasteiger partial charge < -0.3 is 29.9 Å². The zero-order valence-electron chi connectivity index (χ0n) is 12.1. The van der Waals surface area contributed by atoms with Gasteiger partial charge in [0.15, 0.2) is 0 Å². The Hall–Kier alpha value is -0.760. The van der Waals surface area contributed by atoms with Gasteiger partial charge in [-0.3, -0.25) is 0 Å². The minimum Gasteiger partial charge on any atom is -0.394 e. The van der Waals surface area contributed by atoms with Crippen molar-refractivity contribution in [1.29, 1.82) is 0 Å². The zero-order valence-corrected chi connectivity index (χ0v) is 10.1. The van der Waals surface area contributed by atoms with Gasteiger partial charge in [0, 0.05) is 0 Å². The first-order valence-electron chi connectivity index (χ1n) is 6.65. The van der Waals surface area contributed by atoms with Crippen LogP contribution in [0.1, 0.15) is 2.74 Å². The van der Waals surface area contributed by atoms with Gasteiger partial charge in [-0.2, -0.15) is 0 Å². The maximum atomic E-state index is 9.88. The Morgan fingerprint density at radius 1 is 0.944 bits per heavy atom. The molecule has 0 aliphatic carbocycles. The van der Waals surface area contributed by atoms with E-state index in [2.05, 4.69) is 0 Å². The molecule has 0 bridgehead atoms. The van der Waals surface area contributed by atoms with Gasteiger partial charge in [-0.05, 0) is 0 Å². The second kappa shape index (κ2) is 10.2. The van der Waals surface area contributed by atoms with Crippen molar-refractivity contribution in [1.82, 2.24) is 0 Å². The molecule has 0 aliphatic rings. The van der Waals surface area contributed by atoms with Gasteiger partial charge in [0.2, 0.25) is 0 Å². The first-order chi connectivity index (χ1) is 9.62. The average molecular weight is 264 g/mol. The highest BCUT2D eigenvalue weighted by Gasteiger charge is 2.32. The van der Waals surface area contributed by atoms with E-state index in [1.54, 1.807) is 0 Å². The molecule has 0 amide bonds. The summed E-state index contributed by atoms with van der Waals surface area (Å²) < 4.78 is 23.7. The van der Waals surface area contributed by atoms with Crippen LogP contribution in [-0.4, -0.2) is 71.3 Å². The molecule has 6 heteroatoms. The van der Waals surface area contributed by atoms with Crippen LogP contribution in [0.4, 0.5) is 0 Å². The maximum Gasteiger partial charge on any atom is 0.111 e. The molecule has 0 rings (SSSR count). The van der Waals surface area contributed by atoms with Crippen LogP contribution in [0.15, 0.2) is 25.3 Å². The van der Waals surface area contributed by atoms with Crippen molar-refractivity contribution < 1.29 is 32.6 Å². The molecule has 0 heterocycles. The van der Waals surface area contributed by atoms with Gasteiger partial charge in [-0.25, -0.2) is 0 Å². The maximum absolute atomic E-state index is 9.88. The van der Waals surface area contributed by atoms with Gasteiger partial charge in [-0.15, -0.1) is 13.1 Å². The van der Waals surface area contributed by atoms with E-state index in [1.165, 1.54) is 12.2 Å². The van der Waals surface area contributed by atoms with Crippen LogP contribution < -0.4 is 0 Å². The lowest BCUT2D eigenvalue weighted by Gasteiger charge is -2.29. The second-order valence-electron chi connectivity index (χ2n) is 3.56. The van der Waals surface area contributed by atoms with E-state index in [-0.39, 0.29) is 13.2 Å². The quantitative estimate of drug-likeness (QED) is 0.351. The van der Waals surface area contributed by atoms with E-state index in [9.17, 15) is 10.2 Å². The fraction of sp³-hybridized carbons (Fsp3) is 0.667. The first kappa shape index (κ1) is 13.7. The van der Waals surface area contributed by atoms with Crippen LogP contribution in [0.2, 0.25) is 0 Å². The van der Waals surface area contributed by atoms with Crippen molar-refractivity contribution in [3.63, 3.8) is 0 Å². The summed E-state index contributed by atoms with van der Waals surface area (Å²) in [5, 5.41) is 38.0. The summed E-state index contributed by atoms with van der Waals surface area (Å²) in [5.41, 5.74) is 0. The second-order valence-corrected chi connectivity index (χ2v) is 3.56. The largest absolute Gasteiger partial charge is 0.394 e. The van der Waals surface area contributed by atoms with Crippen molar-refractivity contribution in [2.45, 2.75) is 24.4 Å². The molecular weight excluding hydrogens is 240 g/mol. The monoisotopic (exact) mass is 264 g/mol. The lowest BCUT2D eigenvalue weighted by molar-refractivity contribution is -0.148. The highest BCUT2D eigenvalue weighted by atomic mass is 16.5. The third-order valence-corrected chi connectivity index (χ3v) is 2.28. The summed E-state index contributed by atoms with van der Waals surface area (Å²) in [4.78, 5) is 0. The minimum atomic E-state index is -1.46. The Morgan fingerprint density at radius 2 is 1.33 bits per heavy atom. The highest BCUT2D eigenvalue weighted by molar-refractivity contribution is 4.84. The van der Waals surface area contributed by atoms with E-state index < -0.39 is 37.6 Å². The van der Waals surface area contributed by atoms with Crippen molar-refractivity contribution in [2.24, 2.45) is 0 Å². The molecular formula is C12H22O6. The molecule has 4 atom stereocenters. The molecule has 0 radical (unpaired) electrons. The zero-order chi connectivity index (χ0) is 15.4. The molecule has 106 valence electrons. The molecule has 0 unspecified atom stereocenters. The van der Waals surface area contributed by atoms with Crippen LogP contribution in [0.3, 0.4) is 0 Å². The van der Waals surface area contributed by atoms with Crippen LogP contribution in [-0.2, 0) is 9.47 Å². The van der Waals surface area contributed by atoms with E-state index in [0.29, 0.717) is 0 Å². The van der Waals surface area contributed by atoms with E-state index in [4.69, 9.17) is 22.4 Å². The fourth-order valence-electron chi connectivity index (χ4n) is 1.32. The number of hydrogen-bond acceptors (Lipinski definition) is 6. The van der Waals surface area contributed by atoms with Crippen molar-refractivity contribution >= 4 is 0 Å². The number of hydrogen-bond donors (Lipinski definition) is 4. The molecule has 0 saturated heterocycles. The molecule has 6 nitrogen and oxygen atoms in total. The summed E-state index contributed by atoms with van der Waals surface area (Å²) in [6.45, 7) is 0.952. The molecule has 0 fully saturated rings. The Balaban J connectivity index is 4.46. The van der Waals surface area contributed by atoms with Crippen molar-refractivity contribution in [3.05, 3.63) is 25.3 Å². The molecule has 18 heavy (non-hydrogen) atoms. The molecule has 0 aliphatic heterocycles. The lowest BCUT2D eigenvalue weighted by atomic mass is 10.0. The van der Waals surface area contributed by atoms with Gasteiger partial charge in [0.25, 0.3) is 0 Å². The van der Waals surface area contributed by atoms with Gasteiger partial charge in [-0.1, -0.05) is 12.2 Å². The molecule has 0 aromatic rings. The number of rotatable bonds is 11. The predicted octanol–water partition coefficient (Wildman–Crippen LogP) is -1.16. The van der Waals surface area contributed by atoms with Crippen LogP contribution in [0.25, 0.3) is 0 Å². The van der Waals surface area contributed by atoms with Gasteiger partial charge in [0.1, 0.15) is 24.4 Å². The lowest BCUT2D eigenvalue weighted by Crippen LogP contribution is -2.49. The third kappa shape index (κ3) is 5.72. The van der Waals surface area contributed by atoms with Gasteiger partial charge >= 0.3 is 0 Å². The Morgan fingerprint density at radius 3 is 1.61 bits per heavy atom. The van der Waals surface area contributed by atoms with Crippen molar-refractivity contribution in [2.75, 3.05) is 26.4 Å². The highest BCUT2D eigenvalue weighted by Crippen LogP contribution is 2.11. The van der Waals surface area contributed by atoms with Crippen LogP contribution >= 0.6 is 0 Å². The number of aliphatic hydroxyl groups excluding tert-OH is 4. The number of ether oxygens (including phenoxy) is 2. The number of aliphatic hydroxyl groups is 4. The van der Waals surface area contributed by atoms with Gasteiger partial charge in [0.05, 0.1) is 29.2 Å². The van der Waals surface area contributed by atoms with E-state index in [1.807, 2.05) is 0 Å². The fourth-order valence-corrected chi connectivity index (χ4v) is 1.32. The normalized spacial score (nSPS) is 20.7. The Bertz CT molecular complexity index is 259. The smallest absolute Gasteiger partial charge is 0.111 e. The molecule has 4 N–H and O–H groups in total. The minimum absolute atomic E-state index is 0.00470. The summed E-state index contributed by atoms with van der Waals surface area (Å²) >= 11 is 0. The summed E-state index contributed by atoms with van der Waals surface area (Å²) in [7, 11) is 0. The average Bonchev–Trinajstić information content (AvgIpc) is 2.47. The first-order valence-corrected chi connectivity index (χ1v) is 5.50. The summed E-state index contributed by atoms with van der Waals surface area (Å²) in [6.07, 6.45) is -2.33. The Kier molecular flexibility index (Phi) is 7.74. The topological polar surface area (TPSA) is 99.4 Å². The van der Waals surface area contributed by atoms with E-state index in [0.717, 1.165) is 13.1 Å². The summed E-state index contributed by atoms with van der Waals surface area (Å²) in [6, 6.07) is 0. The van der Waals surface area contributed by atoms with E-state index >= 15 is 0 Å². The molecule has 0 spiro atoms. The third-order valence-electron chi connectivity index (χ3n) is 2.28. The predicted molar refractivity (Wildman–Crippen MR) is 66.1 cm³/mol. The molecule has 0 saturated carbocycles. The van der Waals surface area contributed by atoms with Crippen molar-refractivity contribution in [3.8, 4) is 0 Å². The molecule has 0 aromatic heterocycles. The standard InChI is InChI=1S/C12H22O6/c1-3-5-17-9(7-13)11(15)12(16)10(8-14)18-6-4-2/h3-4,9-16H,1-2,5-8H2/t9-,10-,11-,12-/m1/s1/i1D,2D. The Labute approximate surface area is 110 Å². The molecule has 0 aromatic carbocycles. The van der Waals surface area contributed by atoms with Crippen LogP contribution in [0, 0.1) is 0 Å².